The van der Waals surface area contributed by atoms with Crippen LogP contribution >= 0.6 is 0 Å². The van der Waals surface area contributed by atoms with Crippen molar-refractivity contribution in [2.75, 3.05) is 13.2 Å². The Morgan fingerprint density at radius 2 is 1.77 bits per heavy atom. The molecule has 0 atom stereocenters. The van der Waals surface area contributed by atoms with Crippen LogP contribution in [-0.2, 0) is 9.47 Å². The van der Waals surface area contributed by atoms with E-state index >= 15 is 0 Å². The van der Waals surface area contributed by atoms with Crippen LogP contribution in [0.15, 0.2) is 23.4 Å². The molecule has 0 N–H and O–H groups in total. The Morgan fingerprint density at radius 3 is 2.08 bits per heavy atom. The minimum atomic E-state index is -0.358. The van der Waals surface area contributed by atoms with Gasteiger partial charge < -0.3 is 9.47 Å². The molecule has 0 saturated carbocycles. The summed E-state index contributed by atoms with van der Waals surface area (Å²) in [5.74, 6) is 0.305. The predicted molar refractivity (Wildman–Crippen MR) is 50.8 cm³/mol. The first-order valence-corrected chi connectivity index (χ1v) is 4.45. The van der Waals surface area contributed by atoms with E-state index < -0.39 is 0 Å². The summed E-state index contributed by atoms with van der Waals surface area (Å²) in [5, 5.41) is 0. The van der Waals surface area contributed by atoms with Gasteiger partial charge in [0.1, 0.15) is 5.83 Å². The van der Waals surface area contributed by atoms with Gasteiger partial charge >= 0.3 is 0 Å². The zero-order valence-electron chi connectivity index (χ0n) is 8.69. The van der Waals surface area contributed by atoms with E-state index in [9.17, 15) is 4.39 Å². The number of rotatable bonds is 5. The molecule has 0 aliphatic heterocycles. The van der Waals surface area contributed by atoms with Gasteiger partial charge in [0.2, 0.25) is 0 Å². The molecule has 0 aliphatic carbocycles. The van der Waals surface area contributed by atoms with Gasteiger partial charge in [-0.15, -0.1) is 0 Å². The Hall–Kier alpha value is -0.990. The molecule has 0 aromatic rings. The highest BCUT2D eigenvalue weighted by Gasteiger charge is 2.10. The number of hydrogen-bond donors (Lipinski definition) is 0. The summed E-state index contributed by atoms with van der Waals surface area (Å²) in [7, 11) is 0. The van der Waals surface area contributed by atoms with Gasteiger partial charge in [-0.3, -0.25) is 0 Å². The van der Waals surface area contributed by atoms with Crippen LogP contribution in [0, 0.1) is 0 Å². The number of allylic oxidation sites excluding steroid dienone is 2. The van der Waals surface area contributed by atoms with Gasteiger partial charge in [0.15, 0.2) is 11.5 Å². The second kappa shape index (κ2) is 6.52. The minimum Gasteiger partial charge on any atom is -0.490 e. The Morgan fingerprint density at radius 1 is 1.23 bits per heavy atom. The van der Waals surface area contributed by atoms with Gasteiger partial charge in [0.25, 0.3) is 0 Å². The molecular formula is C10H17FO2. The molecule has 0 aliphatic rings. The van der Waals surface area contributed by atoms with Gasteiger partial charge in [-0.2, -0.15) is 0 Å². The van der Waals surface area contributed by atoms with Crippen molar-refractivity contribution in [2.45, 2.75) is 27.7 Å². The lowest BCUT2D eigenvalue weighted by Crippen LogP contribution is -2.01. The average Bonchev–Trinajstić information content (AvgIpc) is 2.10. The Bertz CT molecular complexity index is 203. The van der Waals surface area contributed by atoms with E-state index in [2.05, 4.69) is 0 Å². The van der Waals surface area contributed by atoms with Gasteiger partial charge in [0.05, 0.1) is 13.2 Å². The van der Waals surface area contributed by atoms with Gasteiger partial charge in [-0.1, -0.05) is 0 Å². The molecule has 0 rings (SSSR count). The summed E-state index contributed by atoms with van der Waals surface area (Å²) in [4.78, 5) is 0. The second-order valence-corrected chi connectivity index (χ2v) is 2.38. The average molecular weight is 188 g/mol. The van der Waals surface area contributed by atoms with Crippen molar-refractivity contribution in [1.29, 1.82) is 0 Å². The highest BCUT2D eigenvalue weighted by atomic mass is 19.1. The van der Waals surface area contributed by atoms with Crippen molar-refractivity contribution in [3.8, 4) is 0 Å². The zero-order chi connectivity index (χ0) is 10.3. The van der Waals surface area contributed by atoms with Crippen molar-refractivity contribution in [3.63, 3.8) is 0 Å². The van der Waals surface area contributed by atoms with Crippen LogP contribution in [0.4, 0.5) is 4.39 Å². The lowest BCUT2D eigenvalue weighted by atomic mass is 10.3. The van der Waals surface area contributed by atoms with Crippen LogP contribution in [0.3, 0.4) is 0 Å². The molecular weight excluding hydrogens is 171 g/mol. The Kier molecular flexibility index (Phi) is 6.02. The first-order valence-electron chi connectivity index (χ1n) is 4.45. The van der Waals surface area contributed by atoms with Crippen LogP contribution in [0.25, 0.3) is 0 Å². The van der Waals surface area contributed by atoms with Crippen molar-refractivity contribution >= 4 is 0 Å². The van der Waals surface area contributed by atoms with Gasteiger partial charge in [0, 0.05) is 0 Å². The molecule has 0 bridgehead atoms. The fourth-order valence-electron chi connectivity index (χ4n) is 0.920. The molecule has 0 aromatic carbocycles. The van der Waals surface area contributed by atoms with Crippen LogP contribution in [0.5, 0.6) is 0 Å². The molecule has 76 valence electrons. The van der Waals surface area contributed by atoms with E-state index in [1.54, 1.807) is 13.0 Å². The van der Waals surface area contributed by atoms with Crippen molar-refractivity contribution in [1.82, 2.24) is 0 Å². The highest BCUT2D eigenvalue weighted by Crippen LogP contribution is 2.18. The van der Waals surface area contributed by atoms with E-state index in [-0.39, 0.29) is 11.6 Å². The monoisotopic (exact) mass is 188 g/mol. The molecule has 0 fully saturated rings. The van der Waals surface area contributed by atoms with E-state index in [1.165, 1.54) is 6.92 Å². The normalized spacial score (nSPS) is 13.8. The minimum absolute atomic E-state index is 0.201. The topological polar surface area (TPSA) is 18.5 Å². The van der Waals surface area contributed by atoms with Crippen LogP contribution in [0.2, 0.25) is 0 Å². The third-order valence-corrected chi connectivity index (χ3v) is 1.39. The van der Waals surface area contributed by atoms with Crippen LogP contribution in [-0.4, -0.2) is 13.2 Å². The fraction of sp³-hybridized carbons (Fsp3) is 0.600. The van der Waals surface area contributed by atoms with Crippen molar-refractivity contribution in [3.05, 3.63) is 23.4 Å². The third-order valence-electron chi connectivity index (χ3n) is 1.39. The molecule has 0 heterocycles. The molecule has 0 spiro atoms. The zero-order valence-corrected chi connectivity index (χ0v) is 8.69. The molecule has 0 unspecified atom stereocenters. The summed E-state index contributed by atoms with van der Waals surface area (Å²) in [6.07, 6.45) is 1.69. The highest BCUT2D eigenvalue weighted by molar-refractivity contribution is 5.21. The van der Waals surface area contributed by atoms with E-state index in [0.717, 1.165) is 0 Å². The van der Waals surface area contributed by atoms with Crippen molar-refractivity contribution in [2.24, 2.45) is 0 Å². The first kappa shape index (κ1) is 12.0. The molecule has 0 saturated heterocycles. The molecule has 2 nitrogen and oxygen atoms in total. The van der Waals surface area contributed by atoms with Crippen molar-refractivity contribution < 1.29 is 13.9 Å². The maximum absolute atomic E-state index is 12.9. The summed E-state index contributed by atoms with van der Waals surface area (Å²) in [6.45, 7) is 7.73. The fourth-order valence-corrected chi connectivity index (χ4v) is 0.920. The Balaban J connectivity index is 4.62. The number of halogens is 1. The third kappa shape index (κ3) is 3.97. The molecule has 0 amide bonds. The summed E-state index contributed by atoms with van der Waals surface area (Å²) >= 11 is 0. The Labute approximate surface area is 79.0 Å². The van der Waals surface area contributed by atoms with E-state index in [1.807, 2.05) is 13.8 Å². The van der Waals surface area contributed by atoms with Gasteiger partial charge in [-0.25, -0.2) is 4.39 Å². The summed E-state index contributed by atoms with van der Waals surface area (Å²) < 4.78 is 23.3. The van der Waals surface area contributed by atoms with Gasteiger partial charge in [-0.05, 0) is 33.8 Å². The second-order valence-electron chi connectivity index (χ2n) is 2.38. The molecule has 0 radical (unpaired) electrons. The first-order chi connectivity index (χ1) is 6.17. The quantitative estimate of drug-likeness (QED) is 0.487. The SMILES string of the molecule is CC=C(OCC)C(OCC)=C(C)F. The van der Waals surface area contributed by atoms with E-state index in [0.29, 0.717) is 19.0 Å². The maximum atomic E-state index is 12.9. The standard InChI is InChI=1S/C10H17FO2/c1-5-9(12-6-2)10(8(4)11)13-7-3/h5H,6-7H2,1-4H3. The maximum Gasteiger partial charge on any atom is 0.192 e. The number of hydrogen-bond acceptors (Lipinski definition) is 2. The summed E-state index contributed by atoms with van der Waals surface area (Å²) in [6, 6.07) is 0. The summed E-state index contributed by atoms with van der Waals surface area (Å²) in [5.41, 5.74) is 0. The predicted octanol–water partition coefficient (Wildman–Crippen LogP) is 3.16. The van der Waals surface area contributed by atoms with E-state index in [4.69, 9.17) is 9.47 Å². The van der Waals surface area contributed by atoms with Crippen LogP contribution in [0.1, 0.15) is 27.7 Å². The molecule has 3 heteroatoms. The molecule has 0 aromatic heterocycles. The van der Waals surface area contributed by atoms with Crippen LogP contribution < -0.4 is 0 Å². The smallest absolute Gasteiger partial charge is 0.192 e. The lowest BCUT2D eigenvalue weighted by Gasteiger charge is -2.12. The number of ether oxygens (including phenoxy) is 2. The largest absolute Gasteiger partial charge is 0.490 e. The molecule has 13 heavy (non-hydrogen) atoms. The lowest BCUT2D eigenvalue weighted by molar-refractivity contribution is 0.157.